The molecule has 1 amide bonds. The Hall–Kier alpha value is -2.31. The van der Waals surface area contributed by atoms with Crippen molar-refractivity contribution in [2.75, 3.05) is 6.54 Å². The average molecular weight is 323 g/mol. The lowest BCUT2D eigenvalue weighted by atomic mass is 9.99. The Balaban J connectivity index is 1.75. The van der Waals surface area contributed by atoms with Gasteiger partial charge >= 0.3 is 6.18 Å². The third-order valence-electron chi connectivity index (χ3n) is 4.10. The zero-order valence-corrected chi connectivity index (χ0v) is 12.5. The number of amides is 1. The van der Waals surface area contributed by atoms with Gasteiger partial charge in [0, 0.05) is 19.3 Å². The summed E-state index contributed by atoms with van der Waals surface area (Å²) in [7, 11) is 0. The number of rotatable bonds is 2. The first kappa shape index (κ1) is 15.6. The summed E-state index contributed by atoms with van der Waals surface area (Å²) in [5.41, 5.74) is 1.31. The first-order chi connectivity index (χ1) is 10.9. The largest absolute Gasteiger partial charge is 0.435 e. The lowest BCUT2D eigenvalue weighted by Crippen LogP contribution is -2.40. The van der Waals surface area contributed by atoms with Crippen LogP contribution in [0.25, 0.3) is 0 Å². The highest BCUT2D eigenvalue weighted by atomic mass is 19.4. The summed E-state index contributed by atoms with van der Waals surface area (Å²) < 4.78 is 38.9. The van der Waals surface area contributed by atoms with Crippen LogP contribution in [0.15, 0.2) is 36.5 Å². The number of benzene rings is 1. The van der Waals surface area contributed by atoms with Crippen LogP contribution in [0.1, 0.15) is 29.8 Å². The number of fused-ring (bicyclic) bond motifs is 1. The van der Waals surface area contributed by atoms with Crippen LogP contribution in [0.2, 0.25) is 0 Å². The van der Waals surface area contributed by atoms with E-state index in [1.807, 2.05) is 24.3 Å². The lowest BCUT2D eigenvalue weighted by molar-refractivity contribution is -0.142. The van der Waals surface area contributed by atoms with Crippen LogP contribution >= 0.6 is 0 Å². The molecule has 0 saturated carbocycles. The SMILES string of the molecule is CC(C(=O)N1CCc2ccccc2C1)n1ccc(C(F)(F)F)n1. The zero-order chi connectivity index (χ0) is 16.6. The van der Waals surface area contributed by atoms with Gasteiger partial charge in [0.25, 0.3) is 0 Å². The van der Waals surface area contributed by atoms with Gasteiger partial charge in [0.05, 0.1) is 0 Å². The molecule has 7 heteroatoms. The minimum absolute atomic E-state index is 0.226. The second-order valence-corrected chi connectivity index (χ2v) is 5.63. The molecule has 1 aromatic carbocycles. The van der Waals surface area contributed by atoms with Gasteiger partial charge < -0.3 is 4.90 Å². The Morgan fingerprint density at radius 3 is 2.57 bits per heavy atom. The van der Waals surface area contributed by atoms with E-state index in [0.29, 0.717) is 13.1 Å². The molecule has 3 rings (SSSR count). The van der Waals surface area contributed by atoms with Crippen molar-refractivity contribution in [1.29, 1.82) is 0 Å². The van der Waals surface area contributed by atoms with E-state index in [9.17, 15) is 18.0 Å². The maximum Gasteiger partial charge on any atom is 0.435 e. The summed E-state index contributed by atoms with van der Waals surface area (Å²) in [6, 6.07) is 7.99. The second-order valence-electron chi connectivity index (χ2n) is 5.63. The number of hydrogen-bond acceptors (Lipinski definition) is 2. The molecule has 0 bridgehead atoms. The molecule has 122 valence electrons. The molecule has 23 heavy (non-hydrogen) atoms. The topological polar surface area (TPSA) is 38.1 Å². The van der Waals surface area contributed by atoms with Gasteiger partial charge in [-0.2, -0.15) is 18.3 Å². The Bertz CT molecular complexity index is 723. The maximum absolute atomic E-state index is 12.6. The fraction of sp³-hybridized carbons (Fsp3) is 0.375. The van der Waals surface area contributed by atoms with Gasteiger partial charge in [-0.3, -0.25) is 9.48 Å². The van der Waals surface area contributed by atoms with E-state index < -0.39 is 17.9 Å². The second kappa shape index (κ2) is 5.72. The highest BCUT2D eigenvalue weighted by Gasteiger charge is 2.35. The van der Waals surface area contributed by atoms with Gasteiger partial charge in [0.2, 0.25) is 5.91 Å². The third kappa shape index (κ3) is 3.09. The molecule has 1 atom stereocenters. The predicted molar refractivity (Wildman–Crippen MR) is 77.5 cm³/mol. The summed E-state index contributed by atoms with van der Waals surface area (Å²) >= 11 is 0. The molecule has 1 unspecified atom stereocenters. The summed E-state index contributed by atoms with van der Waals surface area (Å²) in [4.78, 5) is 14.2. The van der Waals surface area contributed by atoms with Gasteiger partial charge in [-0.1, -0.05) is 24.3 Å². The van der Waals surface area contributed by atoms with Crippen LogP contribution in [-0.2, 0) is 23.9 Å². The molecule has 0 aliphatic carbocycles. The highest BCUT2D eigenvalue weighted by Crippen LogP contribution is 2.28. The average Bonchev–Trinajstić information content (AvgIpc) is 3.03. The van der Waals surface area contributed by atoms with Crippen molar-refractivity contribution >= 4 is 5.91 Å². The van der Waals surface area contributed by atoms with Crippen molar-refractivity contribution in [3.8, 4) is 0 Å². The van der Waals surface area contributed by atoms with E-state index in [0.717, 1.165) is 22.7 Å². The normalized spacial score (nSPS) is 16.1. The highest BCUT2D eigenvalue weighted by molar-refractivity contribution is 5.80. The molecule has 0 N–H and O–H groups in total. The van der Waals surface area contributed by atoms with Crippen LogP contribution in [0, 0.1) is 0 Å². The molecule has 1 aliphatic rings. The quantitative estimate of drug-likeness (QED) is 0.852. The number of carbonyl (C=O) groups excluding carboxylic acids is 1. The summed E-state index contributed by atoms with van der Waals surface area (Å²) in [5.74, 6) is -0.226. The van der Waals surface area contributed by atoms with Crippen molar-refractivity contribution in [1.82, 2.24) is 14.7 Å². The zero-order valence-electron chi connectivity index (χ0n) is 12.5. The summed E-state index contributed by atoms with van der Waals surface area (Å²) in [6.07, 6.45) is -2.55. The molecular formula is C16H16F3N3O. The number of carbonyl (C=O) groups is 1. The molecule has 0 fully saturated rings. The standard InChI is InChI=1S/C16H16F3N3O/c1-11(22-9-7-14(20-22)16(17,18)19)15(23)21-8-6-12-4-2-3-5-13(12)10-21/h2-5,7,9,11H,6,8,10H2,1H3. The first-order valence-electron chi connectivity index (χ1n) is 7.34. The molecule has 2 heterocycles. The fourth-order valence-electron chi connectivity index (χ4n) is 2.77. The number of aromatic nitrogens is 2. The minimum Gasteiger partial charge on any atom is -0.336 e. The molecular weight excluding hydrogens is 307 g/mol. The van der Waals surface area contributed by atoms with Crippen molar-refractivity contribution in [2.24, 2.45) is 0 Å². The Labute approximate surface area is 131 Å². The maximum atomic E-state index is 12.6. The van der Waals surface area contributed by atoms with E-state index in [-0.39, 0.29) is 5.91 Å². The van der Waals surface area contributed by atoms with Crippen molar-refractivity contribution in [2.45, 2.75) is 32.1 Å². The van der Waals surface area contributed by atoms with Crippen LogP contribution in [0.5, 0.6) is 0 Å². The van der Waals surface area contributed by atoms with E-state index in [1.54, 1.807) is 11.8 Å². The van der Waals surface area contributed by atoms with Gasteiger partial charge in [-0.05, 0) is 30.5 Å². The van der Waals surface area contributed by atoms with Crippen molar-refractivity contribution < 1.29 is 18.0 Å². The smallest absolute Gasteiger partial charge is 0.336 e. The fourth-order valence-corrected chi connectivity index (χ4v) is 2.77. The van der Waals surface area contributed by atoms with Crippen LogP contribution in [0.3, 0.4) is 0 Å². The Morgan fingerprint density at radius 2 is 1.91 bits per heavy atom. The van der Waals surface area contributed by atoms with Crippen molar-refractivity contribution in [3.05, 3.63) is 53.3 Å². The number of halogens is 3. The monoisotopic (exact) mass is 323 g/mol. The number of hydrogen-bond donors (Lipinski definition) is 0. The Kier molecular flexibility index (Phi) is 3.87. The molecule has 2 aromatic rings. The van der Waals surface area contributed by atoms with Gasteiger partial charge in [-0.15, -0.1) is 0 Å². The Morgan fingerprint density at radius 1 is 1.22 bits per heavy atom. The summed E-state index contributed by atoms with van der Waals surface area (Å²) in [5, 5.41) is 3.49. The van der Waals surface area contributed by atoms with Gasteiger partial charge in [0.1, 0.15) is 6.04 Å². The van der Waals surface area contributed by atoms with Gasteiger partial charge in [-0.25, -0.2) is 0 Å². The van der Waals surface area contributed by atoms with Crippen LogP contribution in [-0.4, -0.2) is 27.1 Å². The molecule has 4 nitrogen and oxygen atoms in total. The van der Waals surface area contributed by atoms with E-state index >= 15 is 0 Å². The molecule has 0 spiro atoms. The van der Waals surface area contributed by atoms with E-state index in [4.69, 9.17) is 0 Å². The van der Waals surface area contributed by atoms with Crippen LogP contribution in [0.4, 0.5) is 13.2 Å². The first-order valence-corrected chi connectivity index (χ1v) is 7.34. The van der Waals surface area contributed by atoms with E-state index in [2.05, 4.69) is 5.10 Å². The minimum atomic E-state index is -4.50. The van der Waals surface area contributed by atoms with Crippen molar-refractivity contribution in [3.63, 3.8) is 0 Å². The predicted octanol–water partition coefficient (Wildman–Crippen LogP) is 3.05. The summed E-state index contributed by atoms with van der Waals surface area (Å²) in [6.45, 7) is 2.61. The third-order valence-corrected chi connectivity index (χ3v) is 4.10. The molecule has 1 aromatic heterocycles. The molecule has 0 radical (unpaired) electrons. The molecule has 1 aliphatic heterocycles. The number of nitrogens with zero attached hydrogens (tertiary/aromatic N) is 3. The van der Waals surface area contributed by atoms with Crippen LogP contribution < -0.4 is 0 Å². The lowest BCUT2D eigenvalue weighted by Gasteiger charge is -2.31. The van der Waals surface area contributed by atoms with Gasteiger partial charge in [0.15, 0.2) is 5.69 Å². The van der Waals surface area contributed by atoms with E-state index in [1.165, 1.54) is 11.8 Å². The number of alkyl halides is 3. The molecule has 0 saturated heterocycles.